The van der Waals surface area contributed by atoms with Crippen molar-refractivity contribution in [2.75, 3.05) is 19.0 Å². The molecule has 0 N–H and O–H groups in total. The van der Waals surface area contributed by atoms with Crippen LogP contribution < -0.4 is 15.3 Å². The van der Waals surface area contributed by atoms with Crippen molar-refractivity contribution < 1.29 is 4.92 Å². The Kier molecular flexibility index (Phi) is 5.01. The third-order valence-corrected chi connectivity index (χ3v) is 23.3. The molecule has 24 heavy (non-hydrogen) atoms. The summed E-state index contributed by atoms with van der Waals surface area (Å²) < 4.78 is 0. The van der Waals surface area contributed by atoms with E-state index in [1.54, 1.807) is 12.1 Å². The molecule has 0 amide bonds. The van der Waals surface area contributed by atoms with E-state index < -0.39 is 15.2 Å². The molecule has 0 saturated carbocycles. The number of anilines is 1. The van der Waals surface area contributed by atoms with Gasteiger partial charge in [0.15, 0.2) is 0 Å². The van der Waals surface area contributed by atoms with Crippen molar-refractivity contribution in [3.8, 4) is 0 Å². The molecule has 2 aromatic carbocycles. The van der Waals surface area contributed by atoms with Gasteiger partial charge in [0, 0.05) is 31.9 Å². The molecular formula is C18H26N2O2Si2. The summed E-state index contributed by atoms with van der Waals surface area (Å²) in [6.07, 6.45) is 0. The Morgan fingerprint density at radius 3 is 1.50 bits per heavy atom. The maximum Gasteiger partial charge on any atom is 0.269 e. The zero-order chi connectivity index (χ0) is 18.1. The second-order valence-electron chi connectivity index (χ2n) is 7.50. The Morgan fingerprint density at radius 2 is 1.17 bits per heavy atom. The first-order chi connectivity index (χ1) is 11.1. The second kappa shape index (κ2) is 6.53. The Bertz CT molecular complexity index is 724. The van der Waals surface area contributed by atoms with Gasteiger partial charge in [-0.2, -0.15) is 0 Å². The van der Waals surface area contributed by atoms with Crippen molar-refractivity contribution in [2.45, 2.75) is 26.2 Å². The number of non-ortho nitro benzene ring substituents is 1. The van der Waals surface area contributed by atoms with Crippen molar-refractivity contribution in [2.24, 2.45) is 0 Å². The summed E-state index contributed by atoms with van der Waals surface area (Å²) in [5.74, 6) is 0. The van der Waals surface area contributed by atoms with Gasteiger partial charge in [-0.25, -0.2) is 0 Å². The Labute approximate surface area is 146 Å². The van der Waals surface area contributed by atoms with Crippen LogP contribution in [0.5, 0.6) is 0 Å². The fourth-order valence-electron chi connectivity index (χ4n) is 2.90. The number of rotatable bonds is 5. The lowest BCUT2D eigenvalue weighted by Crippen LogP contribution is -2.69. The van der Waals surface area contributed by atoms with E-state index in [0.29, 0.717) is 0 Å². The van der Waals surface area contributed by atoms with Gasteiger partial charge in [0.25, 0.3) is 5.69 Å². The van der Waals surface area contributed by atoms with Crippen LogP contribution >= 0.6 is 0 Å². The van der Waals surface area contributed by atoms with E-state index in [1.807, 2.05) is 26.2 Å². The molecule has 128 valence electrons. The molecule has 2 aromatic rings. The van der Waals surface area contributed by atoms with Crippen LogP contribution in [0.15, 0.2) is 48.5 Å². The molecule has 2 rings (SSSR count). The molecule has 0 heterocycles. The summed E-state index contributed by atoms with van der Waals surface area (Å²) in [6, 6.07) is 16.1. The van der Waals surface area contributed by atoms with Crippen LogP contribution in [0.3, 0.4) is 0 Å². The molecule has 0 unspecified atom stereocenters. The zero-order valence-corrected chi connectivity index (χ0v) is 17.3. The lowest BCUT2D eigenvalue weighted by molar-refractivity contribution is -0.384. The van der Waals surface area contributed by atoms with E-state index in [4.69, 9.17) is 0 Å². The van der Waals surface area contributed by atoms with Crippen molar-refractivity contribution >= 4 is 36.9 Å². The van der Waals surface area contributed by atoms with Crippen LogP contribution in [0.1, 0.15) is 0 Å². The molecule has 0 radical (unpaired) electrons. The lowest BCUT2D eigenvalue weighted by atomic mass is 10.3. The smallest absolute Gasteiger partial charge is 0.269 e. The minimum Gasteiger partial charge on any atom is -0.378 e. The van der Waals surface area contributed by atoms with Crippen molar-refractivity contribution in [3.63, 3.8) is 0 Å². The highest BCUT2D eigenvalue weighted by molar-refractivity contribution is 7.49. The standard InChI is InChI=1S/C18H26N2O2Si2/c1-19(2)15-7-11-17(12-8-15)23(3,4)24(5,6)18-13-9-16(10-14-18)20(21)22/h7-14H,1-6H3. The van der Waals surface area contributed by atoms with Crippen LogP contribution in [0.25, 0.3) is 0 Å². The summed E-state index contributed by atoms with van der Waals surface area (Å²) in [5, 5.41) is 13.6. The van der Waals surface area contributed by atoms with Gasteiger partial charge in [-0.05, 0) is 12.1 Å². The summed E-state index contributed by atoms with van der Waals surface area (Å²) in [5.41, 5.74) is 1.37. The van der Waals surface area contributed by atoms with E-state index in [2.05, 4.69) is 55.4 Å². The molecule has 0 aliphatic heterocycles. The monoisotopic (exact) mass is 358 g/mol. The van der Waals surface area contributed by atoms with Crippen LogP contribution in [-0.4, -0.2) is 34.2 Å². The third kappa shape index (κ3) is 3.30. The summed E-state index contributed by atoms with van der Waals surface area (Å²) in [4.78, 5) is 12.7. The molecule has 0 aliphatic rings. The van der Waals surface area contributed by atoms with E-state index in [9.17, 15) is 10.1 Å². The van der Waals surface area contributed by atoms with Crippen molar-refractivity contribution in [1.29, 1.82) is 0 Å². The van der Waals surface area contributed by atoms with Gasteiger partial charge in [-0.1, -0.05) is 60.8 Å². The molecular weight excluding hydrogens is 332 g/mol. The highest BCUT2D eigenvalue weighted by Gasteiger charge is 2.43. The quantitative estimate of drug-likeness (QED) is 0.468. The first kappa shape index (κ1) is 18.4. The van der Waals surface area contributed by atoms with Gasteiger partial charge in [-0.15, -0.1) is 0 Å². The molecule has 4 nitrogen and oxygen atoms in total. The number of benzene rings is 2. The SMILES string of the molecule is CN(C)c1ccc([Si](C)(C)[Si](C)(C)c2ccc([N+](=O)[O-])cc2)cc1. The average Bonchev–Trinajstić information content (AvgIpc) is 2.54. The largest absolute Gasteiger partial charge is 0.378 e. The number of nitro groups is 1. The topological polar surface area (TPSA) is 46.4 Å². The van der Waals surface area contributed by atoms with Crippen LogP contribution in [-0.2, 0) is 0 Å². The maximum absolute atomic E-state index is 10.9. The lowest BCUT2D eigenvalue weighted by Gasteiger charge is -2.39. The van der Waals surface area contributed by atoms with Crippen molar-refractivity contribution in [3.05, 3.63) is 58.6 Å². The normalized spacial score (nSPS) is 12.1. The fraction of sp³-hybridized carbons (Fsp3) is 0.333. The molecule has 0 aromatic heterocycles. The minimum atomic E-state index is -1.75. The first-order valence-corrected chi connectivity index (χ1v) is 15.1. The molecule has 0 bridgehead atoms. The molecule has 0 atom stereocenters. The summed E-state index contributed by atoms with van der Waals surface area (Å²) in [6.45, 7) is 9.62. The highest BCUT2D eigenvalue weighted by Crippen LogP contribution is 2.22. The third-order valence-electron chi connectivity index (χ3n) is 5.47. The van der Waals surface area contributed by atoms with Crippen LogP contribution in [0.2, 0.25) is 26.2 Å². The van der Waals surface area contributed by atoms with Gasteiger partial charge >= 0.3 is 0 Å². The predicted octanol–water partition coefficient (Wildman–Crippen LogP) is 3.27. The van der Waals surface area contributed by atoms with Gasteiger partial charge in [0.05, 0.1) is 20.1 Å². The van der Waals surface area contributed by atoms with Crippen LogP contribution in [0, 0.1) is 10.1 Å². The molecule has 0 fully saturated rings. The molecule has 0 saturated heterocycles. The van der Waals surface area contributed by atoms with Crippen molar-refractivity contribution in [1.82, 2.24) is 0 Å². The molecule has 0 aliphatic carbocycles. The number of hydrogen-bond donors (Lipinski definition) is 0. The van der Waals surface area contributed by atoms with E-state index in [0.717, 1.165) is 0 Å². The van der Waals surface area contributed by atoms with E-state index >= 15 is 0 Å². The molecule has 6 heteroatoms. The fourth-order valence-corrected chi connectivity index (χ4v) is 11.7. The van der Waals surface area contributed by atoms with E-state index in [1.165, 1.54) is 16.1 Å². The van der Waals surface area contributed by atoms with Crippen LogP contribution in [0.4, 0.5) is 11.4 Å². The average molecular weight is 359 g/mol. The minimum absolute atomic E-state index is 0.165. The van der Waals surface area contributed by atoms with Gasteiger partial charge in [-0.3, -0.25) is 10.1 Å². The first-order valence-electron chi connectivity index (χ1n) is 8.10. The number of nitro benzene ring substituents is 1. The Balaban J connectivity index is 2.39. The van der Waals surface area contributed by atoms with E-state index in [-0.39, 0.29) is 10.6 Å². The van der Waals surface area contributed by atoms with Gasteiger partial charge in [0.1, 0.15) is 0 Å². The zero-order valence-electron chi connectivity index (χ0n) is 15.3. The summed E-state index contributed by atoms with van der Waals surface area (Å²) >= 11 is 0. The highest BCUT2D eigenvalue weighted by atomic mass is 29.3. The van der Waals surface area contributed by atoms with Gasteiger partial charge in [0.2, 0.25) is 0 Å². The number of hydrogen-bond acceptors (Lipinski definition) is 3. The second-order valence-corrected chi connectivity index (χ2v) is 22.6. The Morgan fingerprint density at radius 1 is 0.792 bits per heavy atom. The molecule has 0 spiro atoms. The summed E-state index contributed by atoms with van der Waals surface area (Å²) in [7, 11) is 0.650. The maximum atomic E-state index is 10.9. The number of nitrogens with zero attached hydrogens (tertiary/aromatic N) is 2. The van der Waals surface area contributed by atoms with Gasteiger partial charge < -0.3 is 4.90 Å². The Hall–Kier alpha value is -1.93. The predicted molar refractivity (Wildman–Crippen MR) is 108 cm³/mol.